The number of nitro groups is 1. The summed E-state index contributed by atoms with van der Waals surface area (Å²) in [5, 5.41) is 28.2. The van der Waals surface area contributed by atoms with Crippen LogP contribution in [-0.4, -0.2) is 62.8 Å². The summed E-state index contributed by atoms with van der Waals surface area (Å²) in [7, 11) is 2.51. The van der Waals surface area contributed by atoms with Gasteiger partial charge >= 0.3 is 11.9 Å². The largest absolute Gasteiger partial charge is 0.493 e. The summed E-state index contributed by atoms with van der Waals surface area (Å²) >= 11 is 5.49. The summed E-state index contributed by atoms with van der Waals surface area (Å²) in [5.74, 6) is -3.07. The van der Waals surface area contributed by atoms with Crippen LogP contribution in [0.15, 0.2) is 12.1 Å². The minimum atomic E-state index is -1.61. The highest BCUT2D eigenvalue weighted by atomic mass is 35.5. The minimum Gasteiger partial charge on any atom is -0.493 e. The normalized spacial score (nSPS) is 10.4. The van der Waals surface area contributed by atoms with Gasteiger partial charge in [0.2, 0.25) is 18.2 Å². The second-order valence-electron chi connectivity index (χ2n) is 5.82. The average molecular weight is 457 g/mol. The Morgan fingerprint density at radius 1 is 1.16 bits per heavy atom. The third-order valence-corrected chi connectivity index (χ3v) is 4.14. The molecule has 1 aromatic carbocycles. The van der Waals surface area contributed by atoms with E-state index in [1.807, 2.05) is 0 Å². The molecule has 14 heteroatoms. The van der Waals surface area contributed by atoms with Gasteiger partial charge < -0.3 is 19.3 Å². The molecular formula is C17H17ClN4O9. The molecule has 0 aliphatic rings. The highest BCUT2D eigenvalue weighted by Gasteiger charge is 2.31. The molecule has 1 N–H and O–H groups in total. The van der Waals surface area contributed by atoms with Crippen molar-refractivity contribution in [3.05, 3.63) is 39.2 Å². The van der Waals surface area contributed by atoms with E-state index >= 15 is 0 Å². The van der Waals surface area contributed by atoms with Gasteiger partial charge in [-0.15, -0.1) is 26.6 Å². The lowest BCUT2D eigenvalue weighted by Crippen LogP contribution is -2.13. The van der Waals surface area contributed by atoms with Crippen molar-refractivity contribution < 1.29 is 38.6 Å². The Hall–Kier alpha value is -3.74. The van der Waals surface area contributed by atoms with Crippen molar-refractivity contribution >= 4 is 35.0 Å². The number of rotatable bonds is 11. The number of aromatic nitrogens is 3. The first kappa shape index (κ1) is 23.5. The molecule has 0 atom stereocenters. The lowest BCUT2D eigenvalue weighted by molar-refractivity contribution is -0.385. The van der Waals surface area contributed by atoms with Crippen LogP contribution in [0.2, 0.25) is 0 Å². The van der Waals surface area contributed by atoms with Crippen molar-refractivity contribution in [1.82, 2.24) is 15.0 Å². The molecule has 0 saturated heterocycles. The molecule has 0 aliphatic carbocycles. The molecule has 0 radical (unpaired) electrons. The number of hydrogen-bond acceptors (Lipinski definition) is 10. The van der Waals surface area contributed by atoms with E-state index in [1.165, 1.54) is 14.2 Å². The van der Waals surface area contributed by atoms with Crippen LogP contribution in [0, 0.1) is 10.1 Å². The van der Waals surface area contributed by atoms with Gasteiger partial charge in [0.25, 0.3) is 5.69 Å². The monoisotopic (exact) mass is 456 g/mol. The predicted molar refractivity (Wildman–Crippen MR) is 103 cm³/mol. The summed E-state index contributed by atoms with van der Waals surface area (Å²) in [6.07, 6.45) is 0.403. The molecule has 2 rings (SSSR count). The molecule has 166 valence electrons. The summed E-state index contributed by atoms with van der Waals surface area (Å²) in [4.78, 5) is 47.3. The number of aromatic carboxylic acids is 1. The first-order chi connectivity index (χ1) is 14.7. The topological polar surface area (TPSA) is 173 Å². The number of halogens is 1. The molecule has 1 heterocycles. The van der Waals surface area contributed by atoms with Crippen molar-refractivity contribution in [2.45, 2.75) is 19.6 Å². The third kappa shape index (κ3) is 5.45. The van der Waals surface area contributed by atoms with Gasteiger partial charge in [-0.05, 0) is 6.42 Å². The number of methoxy groups -OCH3 is 2. The van der Waals surface area contributed by atoms with E-state index in [4.69, 9.17) is 25.8 Å². The molecule has 0 saturated carbocycles. The minimum absolute atomic E-state index is 0.00304. The van der Waals surface area contributed by atoms with Gasteiger partial charge in [-0.1, -0.05) is 0 Å². The van der Waals surface area contributed by atoms with E-state index in [9.17, 15) is 29.6 Å². The molecular weight excluding hydrogens is 440 g/mol. The second-order valence-corrected chi connectivity index (χ2v) is 6.20. The fourth-order valence-corrected chi connectivity index (χ4v) is 2.58. The predicted octanol–water partition coefficient (Wildman–Crippen LogP) is 1.65. The first-order valence-electron chi connectivity index (χ1n) is 8.58. The maximum Gasteiger partial charge on any atom is 0.358 e. The number of nitro benzene ring substituents is 1. The number of ketones is 1. The Kier molecular flexibility index (Phi) is 7.85. The lowest BCUT2D eigenvalue weighted by atomic mass is 10.0. The molecule has 31 heavy (non-hydrogen) atoms. The quantitative estimate of drug-likeness (QED) is 0.171. The maximum atomic E-state index is 13.0. The Balaban J connectivity index is 2.44. The number of benzene rings is 1. The zero-order chi connectivity index (χ0) is 23.1. The van der Waals surface area contributed by atoms with E-state index < -0.39 is 52.0 Å². The molecule has 1 aromatic heterocycles. The molecule has 2 aromatic rings. The molecule has 0 fully saturated rings. The molecule has 0 aliphatic heterocycles. The number of esters is 1. The zero-order valence-electron chi connectivity index (χ0n) is 16.4. The van der Waals surface area contributed by atoms with Crippen molar-refractivity contribution in [1.29, 1.82) is 0 Å². The van der Waals surface area contributed by atoms with Crippen LogP contribution in [0.1, 0.15) is 39.4 Å². The van der Waals surface area contributed by atoms with E-state index in [-0.39, 0.29) is 23.8 Å². The van der Waals surface area contributed by atoms with Gasteiger partial charge in [0.05, 0.1) is 25.2 Å². The second kappa shape index (κ2) is 10.3. The number of hydrogen-bond donors (Lipinski definition) is 1. The first-order valence-corrected chi connectivity index (χ1v) is 9.12. The average Bonchev–Trinajstić information content (AvgIpc) is 3.19. The van der Waals surface area contributed by atoms with E-state index in [0.29, 0.717) is 11.2 Å². The Bertz CT molecular complexity index is 1020. The standard InChI is InChI=1S/C17H17ClN4O9/c1-29-11-6-9(10(22(27)28)7-12(11)30-2)16(24)14-15(17(25)26)20-21(19-14)8-31-13(23)4-3-5-18/h6-7H,3-5,8H2,1-2H3,(H,25,26). The number of carboxylic acid groups (broad SMARTS) is 1. The van der Waals surface area contributed by atoms with Crippen LogP contribution in [0.25, 0.3) is 0 Å². The number of ether oxygens (including phenoxy) is 3. The van der Waals surface area contributed by atoms with Gasteiger partial charge in [0, 0.05) is 18.4 Å². The molecule has 13 nitrogen and oxygen atoms in total. The van der Waals surface area contributed by atoms with Gasteiger partial charge in [-0.3, -0.25) is 19.7 Å². The summed E-state index contributed by atoms with van der Waals surface area (Å²) in [6.45, 7) is -0.567. The highest BCUT2D eigenvalue weighted by molar-refractivity contribution is 6.17. The number of carbonyl (C=O) groups excluding carboxylic acids is 2. The number of nitrogens with zero attached hydrogens (tertiary/aromatic N) is 4. The van der Waals surface area contributed by atoms with Crippen molar-refractivity contribution in [2.24, 2.45) is 0 Å². The summed E-state index contributed by atoms with van der Waals surface area (Å²) < 4.78 is 14.9. The van der Waals surface area contributed by atoms with Gasteiger partial charge in [0.1, 0.15) is 5.56 Å². The van der Waals surface area contributed by atoms with Crippen LogP contribution >= 0.6 is 11.6 Å². The maximum absolute atomic E-state index is 13.0. The zero-order valence-corrected chi connectivity index (χ0v) is 17.1. The number of alkyl halides is 1. The van der Waals surface area contributed by atoms with Crippen LogP contribution in [-0.2, 0) is 16.3 Å². The number of carboxylic acids is 1. The summed E-state index contributed by atoms with van der Waals surface area (Å²) in [5.41, 5.74) is -2.59. The highest BCUT2D eigenvalue weighted by Crippen LogP contribution is 2.35. The molecule has 0 bridgehead atoms. The van der Waals surface area contributed by atoms with Crippen LogP contribution < -0.4 is 9.47 Å². The molecule has 0 unspecified atom stereocenters. The fourth-order valence-electron chi connectivity index (χ4n) is 2.44. The van der Waals surface area contributed by atoms with Crippen LogP contribution in [0.5, 0.6) is 11.5 Å². The summed E-state index contributed by atoms with van der Waals surface area (Å²) in [6, 6.07) is 2.01. The third-order valence-electron chi connectivity index (χ3n) is 3.87. The van der Waals surface area contributed by atoms with Crippen molar-refractivity contribution in [3.63, 3.8) is 0 Å². The smallest absolute Gasteiger partial charge is 0.358 e. The molecule has 0 spiro atoms. The van der Waals surface area contributed by atoms with Crippen LogP contribution in [0.3, 0.4) is 0 Å². The van der Waals surface area contributed by atoms with Gasteiger partial charge in [0.15, 0.2) is 17.2 Å². The van der Waals surface area contributed by atoms with E-state index in [2.05, 4.69) is 10.2 Å². The van der Waals surface area contributed by atoms with E-state index in [1.54, 1.807) is 0 Å². The van der Waals surface area contributed by atoms with E-state index in [0.717, 1.165) is 12.1 Å². The van der Waals surface area contributed by atoms with Gasteiger partial charge in [-0.25, -0.2) is 4.79 Å². The number of carbonyl (C=O) groups is 3. The molecule has 0 amide bonds. The Morgan fingerprint density at radius 3 is 2.32 bits per heavy atom. The van der Waals surface area contributed by atoms with Crippen molar-refractivity contribution in [2.75, 3.05) is 20.1 Å². The lowest BCUT2D eigenvalue weighted by Gasteiger charge is -2.09. The fraction of sp³-hybridized carbons (Fsp3) is 0.353. The Labute approximate surface area is 179 Å². The van der Waals surface area contributed by atoms with Crippen molar-refractivity contribution in [3.8, 4) is 11.5 Å². The van der Waals surface area contributed by atoms with Crippen LogP contribution in [0.4, 0.5) is 5.69 Å². The SMILES string of the molecule is COc1cc(C(=O)c2nn(COC(=O)CCCCl)nc2C(=O)O)c([N+](=O)[O-])cc1OC. The Morgan fingerprint density at radius 2 is 1.77 bits per heavy atom. The van der Waals surface area contributed by atoms with Gasteiger partial charge in [-0.2, -0.15) is 0 Å².